The van der Waals surface area contributed by atoms with E-state index in [1.54, 1.807) is 0 Å². The van der Waals surface area contributed by atoms with Crippen molar-refractivity contribution in [2.24, 2.45) is 0 Å². The zero-order chi connectivity index (χ0) is 39.1. The first-order valence-electron chi connectivity index (χ1n) is 20.2. The first kappa shape index (κ1) is 35.2. The Kier molecular flexibility index (Phi) is 8.92. The zero-order valence-corrected chi connectivity index (χ0v) is 32.8. The average molecular weight is 742 g/mol. The van der Waals surface area contributed by atoms with Crippen LogP contribution in [-0.2, 0) is 5.41 Å². The maximum Gasteiger partial charge on any atom is 0.0624 e. The van der Waals surface area contributed by atoms with Crippen LogP contribution in [0.4, 0.5) is 17.1 Å². The van der Waals surface area contributed by atoms with Crippen molar-refractivity contribution in [1.29, 1.82) is 0 Å². The molecule has 0 radical (unpaired) electrons. The van der Waals surface area contributed by atoms with E-state index < -0.39 is 0 Å². The lowest BCUT2D eigenvalue weighted by Gasteiger charge is -2.33. The third-order valence-corrected chi connectivity index (χ3v) is 11.9. The minimum Gasteiger partial charge on any atom is -0.309 e. The van der Waals surface area contributed by atoms with E-state index in [0.29, 0.717) is 0 Å². The molecule has 9 aromatic rings. The molecule has 0 atom stereocenters. The highest BCUT2D eigenvalue weighted by Gasteiger charge is 2.40. The Balaban J connectivity index is 1.22. The lowest BCUT2D eigenvalue weighted by atomic mass is 9.79. The van der Waals surface area contributed by atoms with E-state index in [4.69, 9.17) is 0 Å². The standard InChI is InChI=1S/C57H43N/c1-57(2)52-26-16-15-25-50(52)55-53(57)39-51(46-21-11-5-12-22-46)56(54(55)47-23-13-6-14-24-47)58(48-35-31-44(32-36-48)41-19-9-4-10-20-41)49-37-33-45(34-38-49)43-29-27-42(28-30-43)40-17-7-3-8-18-40/h3-39H,1-2H3. The molecule has 10 rings (SSSR count). The Labute approximate surface area is 342 Å². The van der Waals surface area contributed by atoms with Gasteiger partial charge in [0.15, 0.2) is 0 Å². The van der Waals surface area contributed by atoms with Gasteiger partial charge in [0, 0.05) is 27.9 Å². The Morgan fingerprint density at radius 3 is 1.12 bits per heavy atom. The Hall–Kier alpha value is -7.22. The van der Waals surface area contributed by atoms with Crippen molar-refractivity contribution in [1.82, 2.24) is 0 Å². The van der Waals surface area contributed by atoms with Crippen molar-refractivity contribution in [3.63, 3.8) is 0 Å². The molecule has 1 aliphatic carbocycles. The monoisotopic (exact) mass is 741 g/mol. The fourth-order valence-electron chi connectivity index (χ4n) is 8.92. The van der Waals surface area contributed by atoms with Crippen molar-refractivity contribution >= 4 is 17.1 Å². The minimum atomic E-state index is -0.183. The van der Waals surface area contributed by atoms with Crippen molar-refractivity contribution in [3.05, 3.63) is 236 Å². The number of fused-ring (bicyclic) bond motifs is 3. The van der Waals surface area contributed by atoms with Gasteiger partial charge in [0.2, 0.25) is 0 Å². The Morgan fingerprint density at radius 2 is 0.655 bits per heavy atom. The first-order chi connectivity index (χ1) is 28.5. The summed E-state index contributed by atoms with van der Waals surface area (Å²) >= 11 is 0. The lowest BCUT2D eigenvalue weighted by molar-refractivity contribution is 0.661. The molecule has 0 N–H and O–H groups in total. The van der Waals surface area contributed by atoms with Gasteiger partial charge >= 0.3 is 0 Å². The van der Waals surface area contributed by atoms with E-state index in [0.717, 1.165) is 17.1 Å². The van der Waals surface area contributed by atoms with Crippen molar-refractivity contribution in [3.8, 4) is 66.8 Å². The molecule has 0 saturated heterocycles. The summed E-state index contributed by atoms with van der Waals surface area (Å²) in [6.07, 6.45) is 0. The second-order valence-corrected chi connectivity index (χ2v) is 15.7. The van der Waals surface area contributed by atoms with Gasteiger partial charge in [-0.2, -0.15) is 0 Å². The van der Waals surface area contributed by atoms with Gasteiger partial charge in [0.1, 0.15) is 0 Å². The van der Waals surface area contributed by atoms with E-state index >= 15 is 0 Å². The molecule has 0 saturated carbocycles. The Bertz CT molecular complexity index is 2840. The quantitative estimate of drug-likeness (QED) is 0.150. The van der Waals surface area contributed by atoms with Gasteiger partial charge in [0.05, 0.1) is 5.69 Å². The highest BCUT2D eigenvalue weighted by molar-refractivity contribution is 6.07. The molecule has 9 aromatic carbocycles. The van der Waals surface area contributed by atoms with Crippen LogP contribution in [0.2, 0.25) is 0 Å². The van der Waals surface area contributed by atoms with E-state index in [1.807, 2.05) is 0 Å². The molecule has 0 aromatic heterocycles. The molecule has 0 aliphatic heterocycles. The van der Waals surface area contributed by atoms with Crippen LogP contribution in [0.25, 0.3) is 66.8 Å². The first-order valence-corrected chi connectivity index (χ1v) is 20.2. The molecule has 0 bridgehead atoms. The summed E-state index contributed by atoms with van der Waals surface area (Å²) in [6, 6.07) is 81.8. The van der Waals surface area contributed by atoms with Crippen LogP contribution in [0.15, 0.2) is 224 Å². The van der Waals surface area contributed by atoms with Crippen molar-refractivity contribution in [2.75, 3.05) is 4.90 Å². The molecule has 1 nitrogen and oxygen atoms in total. The summed E-state index contributed by atoms with van der Waals surface area (Å²) in [4.78, 5) is 2.50. The highest BCUT2D eigenvalue weighted by atomic mass is 15.1. The molecule has 0 unspecified atom stereocenters. The summed E-state index contributed by atoms with van der Waals surface area (Å²) in [5.41, 5.74) is 20.5. The van der Waals surface area contributed by atoms with Crippen molar-refractivity contribution in [2.45, 2.75) is 19.3 Å². The third-order valence-electron chi connectivity index (χ3n) is 11.9. The number of nitrogens with zero attached hydrogens (tertiary/aromatic N) is 1. The van der Waals surface area contributed by atoms with Gasteiger partial charge in [-0.3, -0.25) is 0 Å². The number of anilines is 3. The summed E-state index contributed by atoms with van der Waals surface area (Å²) < 4.78 is 0. The number of hydrogen-bond donors (Lipinski definition) is 0. The molecule has 0 fully saturated rings. The normalized spacial score (nSPS) is 12.4. The minimum absolute atomic E-state index is 0.183. The van der Waals surface area contributed by atoms with E-state index in [9.17, 15) is 0 Å². The number of rotatable bonds is 8. The molecule has 276 valence electrons. The average Bonchev–Trinajstić information content (AvgIpc) is 3.53. The highest BCUT2D eigenvalue weighted by Crippen LogP contribution is 2.58. The van der Waals surface area contributed by atoms with Crippen LogP contribution in [-0.4, -0.2) is 0 Å². The second-order valence-electron chi connectivity index (χ2n) is 15.7. The maximum absolute atomic E-state index is 2.50. The van der Waals surface area contributed by atoms with Crippen LogP contribution in [0.3, 0.4) is 0 Å². The van der Waals surface area contributed by atoms with Crippen LogP contribution in [0, 0.1) is 0 Å². The summed E-state index contributed by atoms with van der Waals surface area (Å²) in [5, 5.41) is 0. The molecule has 0 heterocycles. The van der Waals surface area contributed by atoms with Gasteiger partial charge in [-0.1, -0.05) is 208 Å². The predicted octanol–water partition coefficient (Wildman–Crippen LogP) is 15.8. The molecule has 0 spiro atoms. The topological polar surface area (TPSA) is 3.24 Å². The molecular weight excluding hydrogens is 699 g/mol. The third kappa shape index (κ3) is 6.22. The summed E-state index contributed by atoms with van der Waals surface area (Å²) in [6.45, 7) is 4.76. The van der Waals surface area contributed by atoms with Crippen LogP contribution in [0.5, 0.6) is 0 Å². The molecule has 0 amide bonds. The fourth-order valence-corrected chi connectivity index (χ4v) is 8.92. The van der Waals surface area contributed by atoms with E-state index in [-0.39, 0.29) is 5.41 Å². The Morgan fingerprint density at radius 1 is 0.293 bits per heavy atom. The van der Waals surface area contributed by atoms with E-state index in [2.05, 4.69) is 243 Å². The second kappa shape index (κ2) is 14.7. The SMILES string of the molecule is CC1(C)c2ccccc2-c2c1cc(-c1ccccc1)c(N(c1ccc(-c3ccccc3)cc1)c1ccc(-c3ccc(-c4ccccc4)cc3)cc1)c2-c1ccccc1. The van der Waals surface area contributed by atoms with E-state index in [1.165, 1.54) is 77.9 Å². The number of benzene rings is 9. The summed E-state index contributed by atoms with van der Waals surface area (Å²) in [5.74, 6) is 0. The largest absolute Gasteiger partial charge is 0.309 e. The van der Waals surface area contributed by atoms with Crippen molar-refractivity contribution < 1.29 is 0 Å². The van der Waals surface area contributed by atoms with Crippen LogP contribution in [0.1, 0.15) is 25.0 Å². The van der Waals surface area contributed by atoms with Gasteiger partial charge in [0.25, 0.3) is 0 Å². The maximum atomic E-state index is 2.50. The smallest absolute Gasteiger partial charge is 0.0624 e. The lowest BCUT2D eigenvalue weighted by Crippen LogP contribution is -2.17. The van der Waals surface area contributed by atoms with Crippen LogP contribution < -0.4 is 4.90 Å². The van der Waals surface area contributed by atoms with Gasteiger partial charge in [-0.05, 0) is 97.1 Å². The number of hydrogen-bond acceptors (Lipinski definition) is 1. The van der Waals surface area contributed by atoms with Gasteiger partial charge in [-0.15, -0.1) is 0 Å². The molecule has 1 aliphatic rings. The zero-order valence-electron chi connectivity index (χ0n) is 32.8. The van der Waals surface area contributed by atoms with Gasteiger partial charge < -0.3 is 4.90 Å². The molecule has 58 heavy (non-hydrogen) atoms. The summed E-state index contributed by atoms with van der Waals surface area (Å²) in [7, 11) is 0. The van der Waals surface area contributed by atoms with Crippen LogP contribution >= 0.6 is 0 Å². The fraction of sp³-hybridized carbons (Fsp3) is 0.0526. The molecule has 1 heteroatoms. The molecular formula is C57H43N. The van der Waals surface area contributed by atoms with Gasteiger partial charge in [-0.25, -0.2) is 0 Å². The predicted molar refractivity (Wildman–Crippen MR) is 246 cm³/mol.